The van der Waals surface area contributed by atoms with Gasteiger partial charge in [-0.25, -0.2) is 23.2 Å². The smallest absolute Gasteiger partial charge is 0.338 e. The molecule has 8 nitrogen and oxygen atoms in total. The number of carbonyl (C=O) groups is 2. The number of aromatic nitrogens is 2. The minimum Gasteiger partial charge on any atom is -0.452 e. The molecule has 29 heavy (non-hydrogen) atoms. The van der Waals surface area contributed by atoms with Crippen LogP contribution in [0.1, 0.15) is 41.0 Å². The molecule has 0 bridgehead atoms. The molecule has 0 spiro atoms. The normalized spacial score (nSPS) is 20.6. The van der Waals surface area contributed by atoms with Gasteiger partial charge in [-0.2, -0.15) is 0 Å². The van der Waals surface area contributed by atoms with E-state index in [0.717, 1.165) is 24.2 Å². The Bertz CT molecular complexity index is 1090. The molecule has 1 aliphatic heterocycles. The molecule has 2 aliphatic rings. The molecule has 0 N–H and O–H groups in total. The Morgan fingerprint density at radius 3 is 2.38 bits per heavy atom. The van der Waals surface area contributed by atoms with Gasteiger partial charge in [0, 0.05) is 12.1 Å². The summed E-state index contributed by atoms with van der Waals surface area (Å²) in [5.74, 6) is -0.860. The SMILES string of the molecule is Cc1nc2ccc(C(=O)OCC(=O)N(C3CC3)[C@@H]3CCS(=O)(=O)C3)cc2nc1C. The summed E-state index contributed by atoms with van der Waals surface area (Å²) in [5, 5.41) is 0. The number of hydrogen-bond acceptors (Lipinski definition) is 7. The van der Waals surface area contributed by atoms with Crippen LogP contribution in [0.15, 0.2) is 18.2 Å². The predicted octanol–water partition coefficient (Wildman–Crippen LogP) is 1.58. The van der Waals surface area contributed by atoms with Crippen LogP contribution in [0.2, 0.25) is 0 Å². The molecule has 1 aromatic heterocycles. The largest absolute Gasteiger partial charge is 0.452 e. The summed E-state index contributed by atoms with van der Waals surface area (Å²) in [6.45, 7) is 3.32. The van der Waals surface area contributed by atoms with Crippen LogP contribution in [-0.2, 0) is 19.4 Å². The standard InChI is InChI=1S/C20H23N3O5S/c1-12-13(2)22-18-9-14(3-6-17(18)21-12)20(25)28-10-19(24)23(15-4-5-15)16-7-8-29(26,27)11-16/h3,6,9,15-16H,4-5,7-8,10-11H2,1-2H3/t16-/m1/s1. The number of carbonyl (C=O) groups excluding carboxylic acids is 2. The fourth-order valence-electron chi connectivity index (χ4n) is 3.70. The molecular weight excluding hydrogens is 394 g/mol. The summed E-state index contributed by atoms with van der Waals surface area (Å²) in [6, 6.07) is 4.64. The van der Waals surface area contributed by atoms with E-state index in [2.05, 4.69) is 9.97 Å². The highest BCUT2D eigenvalue weighted by atomic mass is 32.2. The summed E-state index contributed by atoms with van der Waals surface area (Å²) in [7, 11) is -3.10. The van der Waals surface area contributed by atoms with Gasteiger partial charge in [0.05, 0.1) is 39.5 Å². The van der Waals surface area contributed by atoms with Gasteiger partial charge in [-0.15, -0.1) is 0 Å². The Balaban J connectivity index is 1.44. The number of nitrogens with zero attached hydrogens (tertiary/aromatic N) is 3. The van der Waals surface area contributed by atoms with Crippen LogP contribution in [-0.4, -0.2) is 65.4 Å². The Morgan fingerprint density at radius 2 is 1.76 bits per heavy atom. The number of ether oxygens (including phenoxy) is 1. The third-order valence-electron chi connectivity index (χ3n) is 5.47. The molecule has 1 aromatic carbocycles. The van der Waals surface area contributed by atoms with Gasteiger partial charge in [-0.3, -0.25) is 4.79 Å². The second-order valence-corrected chi connectivity index (χ2v) is 9.99. The number of rotatable bonds is 5. The van der Waals surface area contributed by atoms with E-state index < -0.39 is 22.4 Å². The second-order valence-electron chi connectivity index (χ2n) is 7.76. The fourth-order valence-corrected chi connectivity index (χ4v) is 5.41. The molecule has 2 aromatic rings. The van der Waals surface area contributed by atoms with E-state index in [1.54, 1.807) is 23.1 Å². The number of sulfone groups is 1. The van der Waals surface area contributed by atoms with Gasteiger partial charge in [0.1, 0.15) is 0 Å². The molecule has 4 rings (SSSR count). The number of amides is 1. The first-order valence-corrected chi connectivity index (χ1v) is 11.5. The van der Waals surface area contributed by atoms with E-state index in [9.17, 15) is 18.0 Å². The highest BCUT2D eigenvalue weighted by Crippen LogP contribution is 2.32. The van der Waals surface area contributed by atoms with Gasteiger partial charge in [0.25, 0.3) is 5.91 Å². The Morgan fingerprint density at radius 1 is 1.07 bits per heavy atom. The van der Waals surface area contributed by atoms with Gasteiger partial charge < -0.3 is 9.64 Å². The van der Waals surface area contributed by atoms with E-state index in [1.165, 1.54) is 0 Å². The van der Waals surface area contributed by atoms with Crippen molar-refractivity contribution in [3.05, 3.63) is 35.2 Å². The van der Waals surface area contributed by atoms with Crippen molar-refractivity contribution in [3.63, 3.8) is 0 Å². The van der Waals surface area contributed by atoms with Crippen LogP contribution in [0.4, 0.5) is 0 Å². The van der Waals surface area contributed by atoms with Gasteiger partial charge in [-0.05, 0) is 51.3 Å². The molecule has 0 radical (unpaired) electrons. The Kier molecular flexibility index (Phi) is 5.02. The molecule has 154 valence electrons. The summed E-state index contributed by atoms with van der Waals surface area (Å²) in [6.07, 6.45) is 2.16. The summed E-state index contributed by atoms with van der Waals surface area (Å²) >= 11 is 0. The maximum atomic E-state index is 12.7. The molecule has 1 saturated heterocycles. The van der Waals surface area contributed by atoms with Gasteiger partial charge in [0.2, 0.25) is 0 Å². The van der Waals surface area contributed by atoms with E-state index in [0.29, 0.717) is 23.0 Å². The lowest BCUT2D eigenvalue weighted by Crippen LogP contribution is -2.44. The molecule has 9 heteroatoms. The minimum atomic E-state index is -3.10. The quantitative estimate of drug-likeness (QED) is 0.680. The summed E-state index contributed by atoms with van der Waals surface area (Å²) < 4.78 is 28.8. The van der Waals surface area contributed by atoms with Crippen LogP contribution < -0.4 is 0 Å². The lowest BCUT2D eigenvalue weighted by Gasteiger charge is -2.28. The van der Waals surface area contributed by atoms with E-state index >= 15 is 0 Å². The number of esters is 1. The molecule has 2 fully saturated rings. The van der Waals surface area contributed by atoms with Crippen LogP contribution >= 0.6 is 0 Å². The fraction of sp³-hybridized carbons (Fsp3) is 0.500. The molecule has 1 aliphatic carbocycles. The maximum Gasteiger partial charge on any atom is 0.338 e. The first kappa shape index (κ1) is 19.8. The molecule has 2 heterocycles. The van der Waals surface area contributed by atoms with E-state index in [-0.39, 0.29) is 29.5 Å². The number of benzene rings is 1. The van der Waals surface area contributed by atoms with Crippen molar-refractivity contribution in [2.24, 2.45) is 0 Å². The van der Waals surface area contributed by atoms with Crippen molar-refractivity contribution in [2.75, 3.05) is 18.1 Å². The zero-order valence-electron chi connectivity index (χ0n) is 16.4. The van der Waals surface area contributed by atoms with Gasteiger partial charge in [0.15, 0.2) is 16.4 Å². The zero-order chi connectivity index (χ0) is 20.8. The van der Waals surface area contributed by atoms with Crippen molar-refractivity contribution in [1.29, 1.82) is 0 Å². The number of aryl methyl sites for hydroxylation is 2. The average Bonchev–Trinajstić information content (AvgIpc) is 3.43. The van der Waals surface area contributed by atoms with Crippen LogP contribution in [0.25, 0.3) is 11.0 Å². The lowest BCUT2D eigenvalue weighted by atomic mass is 10.2. The average molecular weight is 417 g/mol. The van der Waals surface area contributed by atoms with Gasteiger partial charge >= 0.3 is 5.97 Å². The van der Waals surface area contributed by atoms with Crippen LogP contribution in [0.5, 0.6) is 0 Å². The Hall–Kier alpha value is -2.55. The van der Waals surface area contributed by atoms with Crippen LogP contribution in [0.3, 0.4) is 0 Å². The molecule has 0 unspecified atom stereocenters. The van der Waals surface area contributed by atoms with E-state index in [4.69, 9.17) is 4.74 Å². The molecule has 1 atom stereocenters. The Labute approximate surface area is 169 Å². The predicted molar refractivity (Wildman–Crippen MR) is 106 cm³/mol. The van der Waals surface area contributed by atoms with E-state index in [1.807, 2.05) is 13.8 Å². The third kappa shape index (κ3) is 4.24. The van der Waals surface area contributed by atoms with Crippen molar-refractivity contribution >= 4 is 32.7 Å². The highest BCUT2D eigenvalue weighted by molar-refractivity contribution is 7.91. The third-order valence-corrected chi connectivity index (χ3v) is 7.22. The van der Waals surface area contributed by atoms with Crippen LogP contribution in [0, 0.1) is 13.8 Å². The van der Waals surface area contributed by atoms with Gasteiger partial charge in [-0.1, -0.05) is 0 Å². The molecule has 1 saturated carbocycles. The second kappa shape index (κ2) is 7.37. The zero-order valence-corrected chi connectivity index (χ0v) is 17.2. The van der Waals surface area contributed by atoms with Crippen molar-refractivity contribution in [1.82, 2.24) is 14.9 Å². The van der Waals surface area contributed by atoms with Crippen molar-refractivity contribution < 1.29 is 22.7 Å². The minimum absolute atomic E-state index is 0.00863. The highest BCUT2D eigenvalue weighted by Gasteiger charge is 2.42. The van der Waals surface area contributed by atoms with Crippen molar-refractivity contribution in [3.8, 4) is 0 Å². The molecule has 1 amide bonds. The first-order valence-electron chi connectivity index (χ1n) is 9.67. The maximum absolute atomic E-state index is 12.7. The number of fused-ring (bicyclic) bond motifs is 1. The number of hydrogen-bond donors (Lipinski definition) is 0. The summed E-state index contributed by atoms with van der Waals surface area (Å²) in [4.78, 5) is 35.6. The van der Waals surface area contributed by atoms with Crippen molar-refractivity contribution in [2.45, 2.75) is 45.2 Å². The lowest BCUT2D eigenvalue weighted by molar-refractivity contribution is -0.137. The monoisotopic (exact) mass is 417 g/mol. The first-order chi connectivity index (χ1) is 13.7. The topological polar surface area (TPSA) is 107 Å². The summed E-state index contributed by atoms with van der Waals surface area (Å²) in [5.41, 5.74) is 3.18. The molecular formula is C20H23N3O5S.